The molecule has 1 N–H and O–H groups in total. The number of aliphatic hydroxyl groups is 1. The fraction of sp³-hybridized carbons (Fsp3) is 0.773. The third-order valence-corrected chi connectivity index (χ3v) is 8.48. The van der Waals surface area contributed by atoms with Crippen molar-refractivity contribution in [2.45, 2.75) is 64.7 Å². The Hall–Kier alpha value is -1.07. The van der Waals surface area contributed by atoms with Gasteiger partial charge in [-0.05, 0) is 86.5 Å². The molecule has 3 fully saturated rings. The van der Waals surface area contributed by atoms with Crippen molar-refractivity contribution in [3.05, 3.63) is 11.6 Å². The topological polar surface area (TPSA) is 37.3 Å². The van der Waals surface area contributed by atoms with Gasteiger partial charge in [-0.25, -0.2) is 0 Å². The Labute approximate surface area is 146 Å². The van der Waals surface area contributed by atoms with E-state index in [9.17, 15) is 9.90 Å². The summed E-state index contributed by atoms with van der Waals surface area (Å²) in [5, 5.41) is 9.60. The fourth-order valence-corrected chi connectivity index (χ4v) is 7.23. The van der Waals surface area contributed by atoms with Gasteiger partial charge in [-0.3, -0.25) is 4.79 Å². The molecule has 4 aliphatic carbocycles. The van der Waals surface area contributed by atoms with Crippen molar-refractivity contribution in [1.29, 1.82) is 0 Å². The molecule has 24 heavy (non-hydrogen) atoms. The lowest BCUT2D eigenvalue weighted by Gasteiger charge is -2.56. The highest BCUT2D eigenvalue weighted by atomic mass is 16.3. The quantitative estimate of drug-likeness (QED) is 0.775. The summed E-state index contributed by atoms with van der Waals surface area (Å²) < 4.78 is 0. The minimum absolute atomic E-state index is 0.101. The van der Waals surface area contributed by atoms with Gasteiger partial charge in [-0.1, -0.05) is 18.4 Å². The molecule has 2 heteroatoms. The molecule has 0 aliphatic heterocycles. The number of carbonyl (C=O) groups is 1. The van der Waals surface area contributed by atoms with Gasteiger partial charge in [0.25, 0.3) is 0 Å². The summed E-state index contributed by atoms with van der Waals surface area (Å²) in [6, 6.07) is 0. The maximum atomic E-state index is 11.8. The largest absolute Gasteiger partial charge is 0.396 e. The van der Waals surface area contributed by atoms with Gasteiger partial charge in [-0.2, -0.15) is 0 Å². The molecular formula is C22H30O2. The molecule has 2 nitrogen and oxygen atoms in total. The number of fused-ring (bicyclic) bond motifs is 5. The van der Waals surface area contributed by atoms with Crippen LogP contribution in [0.1, 0.15) is 64.7 Å². The lowest BCUT2D eigenvalue weighted by atomic mass is 9.48. The molecule has 6 atom stereocenters. The molecule has 0 radical (unpaired) electrons. The number of hydrogen-bond donors (Lipinski definition) is 1. The predicted molar refractivity (Wildman–Crippen MR) is 95.1 cm³/mol. The van der Waals surface area contributed by atoms with Crippen LogP contribution in [0.3, 0.4) is 0 Å². The van der Waals surface area contributed by atoms with Crippen LogP contribution in [0.4, 0.5) is 0 Å². The highest BCUT2D eigenvalue weighted by molar-refractivity contribution is 5.91. The molecular weight excluding hydrogens is 296 g/mol. The first kappa shape index (κ1) is 16.4. The van der Waals surface area contributed by atoms with E-state index in [1.165, 1.54) is 31.3 Å². The second kappa shape index (κ2) is 5.73. The Morgan fingerprint density at radius 1 is 1.21 bits per heavy atom. The molecule has 4 rings (SSSR count). The number of rotatable bonds is 2. The van der Waals surface area contributed by atoms with E-state index in [2.05, 4.69) is 12.8 Å². The maximum Gasteiger partial charge on any atom is 0.155 e. The van der Waals surface area contributed by atoms with Crippen molar-refractivity contribution in [1.82, 2.24) is 0 Å². The van der Waals surface area contributed by atoms with Crippen LogP contribution in [0.15, 0.2) is 11.6 Å². The summed E-state index contributed by atoms with van der Waals surface area (Å²) in [5.74, 6) is 6.40. The van der Waals surface area contributed by atoms with Crippen LogP contribution >= 0.6 is 0 Å². The summed E-state index contributed by atoms with van der Waals surface area (Å²) >= 11 is 0. The first-order chi connectivity index (χ1) is 11.5. The molecule has 0 bridgehead atoms. The minimum atomic E-state index is -0.101. The smallest absolute Gasteiger partial charge is 0.155 e. The highest BCUT2D eigenvalue weighted by Crippen LogP contribution is 2.68. The molecule has 0 aromatic heterocycles. The van der Waals surface area contributed by atoms with Gasteiger partial charge in [0.15, 0.2) is 5.78 Å². The van der Waals surface area contributed by atoms with E-state index >= 15 is 0 Å². The molecule has 0 amide bonds. The van der Waals surface area contributed by atoms with E-state index in [1.807, 2.05) is 6.08 Å². The van der Waals surface area contributed by atoms with E-state index in [0.717, 1.165) is 43.9 Å². The monoisotopic (exact) mass is 326 g/mol. The average molecular weight is 326 g/mol. The summed E-state index contributed by atoms with van der Waals surface area (Å²) in [4.78, 5) is 11.8. The molecule has 0 saturated heterocycles. The van der Waals surface area contributed by atoms with E-state index in [4.69, 9.17) is 6.42 Å². The zero-order chi connectivity index (χ0) is 16.9. The number of ketones is 1. The van der Waals surface area contributed by atoms with Gasteiger partial charge in [0, 0.05) is 18.4 Å². The predicted octanol–water partition coefficient (Wildman–Crippen LogP) is 4.13. The van der Waals surface area contributed by atoms with Crippen LogP contribution in [0.5, 0.6) is 0 Å². The minimum Gasteiger partial charge on any atom is -0.396 e. The zero-order valence-electron chi connectivity index (χ0n) is 14.9. The van der Waals surface area contributed by atoms with Crippen molar-refractivity contribution >= 4 is 5.78 Å². The zero-order valence-corrected chi connectivity index (χ0v) is 14.9. The molecule has 3 saturated carbocycles. The highest BCUT2D eigenvalue weighted by Gasteiger charge is 2.61. The Kier molecular flexibility index (Phi) is 3.92. The normalized spacial score (nSPS) is 47.2. The van der Waals surface area contributed by atoms with Gasteiger partial charge in [0.05, 0.1) is 0 Å². The van der Waals surface area contributed by atoms with Crippen molar-refractivity contribution in [2.24, 2.45) is 34.5 Å². The van der Waals surface area contributed by atoms with Gasteiger partial charge in [0.2, 0.25) is 0 Å². The van der Waals surface area contributed by atoms with E-state index in [1.54, 1.807) is 0 Å². The Bertz CT molecular complexity index is 612. The summed E-state index contributed by atoms with van der Waals surface area (Å²) in [6.45, 7) is 2.63. The van der Waals surface area contributed by atoms with E-state index in [0.29, 0.717) is 17.6 Å². The summed E-state index contributed by atoms with van der Waals surface area (Å²) in [7, 11) is 0. The fourth-order valence-electron chi connectivity index (χ4n) is 7.23. The van der Waals surface area contributed by atoms with Gasteiger partial charge in [0.1, 0.15) is 0 Å². The third-order valence-electron chi connectivity index (χ3n) is 8.48. The number of carbonyl (C=O) groups excluding carboxylic acids is 1. The Balaban J connectivity index is 1.64. The standard InChI is InChI=1S/C22H30O2/c1-3-22(12-13-23)11-9-20-19-6-4-15-14-16(24)5-7-17(15)18(19)8-10-21(20,22)2/h1,14,17-20,23H,4-13H2,2H3/t17?,18?,19?,20?,21-,22-/m0/s1. The van der Waals surface area contributed by atoms with Crippen molar-refractivity contribution in [3.8, 4) is 12.3 Å². The first-order valence-electron chi connectivity index (χ1n) is 9.86. The molecule has 0 aromatic rings. The second-order valence-corrected chi connectivity index (χ2v) is 9.00. The van der Waals surface area contributed by atoms with Crippen molar-refractivity contribution in [3.63, 3.8) is 0 Å². The Morgan fingerprint density at radius 2 is 2.04 bits per heavy atom. The summed E-state index contributed by atoms with van der Waals surface area (Å²) in [5.41, 5.74) is 1.54. The number of aliphatic hydroxyl groups excluding tert-OH is 1. The van der Waals surface area contributed by atoms with Crippen LogP contribution in [0, 0.1) is 46.8 Å². The van der Waals surface area contributed by atoms with E-state index < -0.39 is 0 Å². The maximum absolute atomic E-state index is 11.8. The van der Waals surface area contributed by atoms with E-state index in [-0.39, 0.29) is 17.4 Å². The molecule has 0 aromatic carbocycles. The lowest BCUT2D eigenvalue weighted by Crippen LogP contribution is -2.49. The molecule has 4 unspecified atom stereocenters. The lowest BCUT2D eigenvalue weighted by molar-refractivity contribution is -0.116. The SMILES string of the molecule is C#C[C@@]1(CCO)CCC2C3CCC4=CC(=O)CCC4C3CC[C@@]21C. The summed E-state index contributed by atoms with van der Waals surface area (Å²) in [6.07, 6.45) is 17.7. The molecule has 0 heterocycles. The molecule has 130 valence electrons. The van der Waals surface area contributed by atoms with Crippen LogP contribution in [0.2, 0.25) is 0 Å². The van der Waals surface area contributed by atoms with Crippen LogP contribution < -0.4 is 0 Å². The van der Waals surface area contributed by atoms with Gasteiger partial charge < -0.3 is 5.11 Å². The number of hydrogen-bond acceptors (Lipinski definition) is 2. The average Bonchev–Trinajstić information content (AvgIpc) is 2.88. The number of terminal acetylenes is 1. The molecule has 0 spiro atoms. The first-order valence-corrected chi connectivity index (χ1v) is 9.86. The third kappa shape index (κ3) is 2.10. The van der Waals surface area contributed by atoms with Crippen LogP contribution in [-0.2, 0) is 4.79 Å². The van der Waals surface area contributed by atoms with Crippen LogP contribution in [-0.4, -0.2) is 17.5 Å². The molecule has 4 aliphatic rings. The van der Waals surface area contributed by atoms with Gasteiger partial charge >= 0.3 is 0 Å². The van der Waals surface area contributed by atoms with Crippen molar-refractivity contribution in [2.75, 3.05) is 6.61 Å². The van der Waals surface area contributed by atoms with Crippen molar-refractivity contribution < 1.29 is 9.90 Å². The van der Waals surface area contributed by atoms with Crippen LogP contribution in [0.25, 0.3) is 0 Å². The second-order valence-electron chi connectivity index (χ2n) is 9.00. The Morgan fingerprint density at radius 3 is 2.79 bits per heavy atom. The van der Waals surface area contributed by atoms with Gasteiger partial charge in [-0.15, -0.1) is 6.42 Å². The number of allylic oxidation sites excluding steroid dienone is 1.